The Balaban J connectivity index is 1.71. The summed E-state index contributed by atoms with van der Waals surface area (Å²) in [7, 11) is 0. The predicted octanol–water partition coefficient (Wildman–Crippen LogP) is 2.12. The number of alkyl halides is 3. The lowest BCUT2D eigenvalue weighted by Gasteiger charge is -2.31. The molecular weight excluding hydrogens is 337 g/mol. The molecule has 2 aromatic rings. The molecule has 1 atom stereocenters. The van der Waals surface area contributed by atoms with Crippen LogP contribution in [0.3, 0.4) is 0 Å². The van der Waals surface area contributed by atoms with Gasteiger partial charge in [0, 0.05) is 31.2 Å². The van der Waals surface area contributed by atoms with Crippen molar-refractivity contribution >= 4 is 5.91 Å². The molecule has 1 amide bonds. The van der Waals surface area contributed by atoms with E-state index in [2.05, 4.69) is 15.5 Å². The predicted molar refractivity (Wildman–Crippen MR) is 82.5 cm³/mol. The van der Waals surface area contributed by atoms with Crippen LogP contribution in [0.25, 0.3) is 11.5 Å². The van der Waals surface area contributed by atoms with E-state index in [1.807, 2.05) is 6.92 Å². The fourth-order valence-electron chi connectivity index (χ4n) is 2.68. The normalized spacial score (nSPS) is 18.4. The number of carbonyl (C=O) groups excluding carboxylic acids is 1. The second kappa shape index (κ2) is 6.83. The van der Waals surface area contributed by atoms with E-state index in [4.69, 9.17) is 4.52 Å². The van der Waals surface area contributed by atoms with E-state index < -0.39 is 11.7 Å². The van der Waals surface area contributed by atoms with Gasteiger partial charge in [-0.15, -0.1) is 0 Å². The van der Waals surface area contributed by atoms with Gasteiger partial charge in [0.2, 0.25) is 5.91 Å². The third-order valence-electron chi connectivity index (χ3n) is 3.94. The van der Waals surface area contributed by atoms with Gasteiger partial charge in [-0.05, 0) is 25.1 Å². The summed E-state index contributed by atoms with van der Waals surface area (Å²) in [6.07, 6.45) is -4.50. The van der Waals surface area contributed by atoms with Crippen LogP contribution in [0, 0.1) is 0 Å². The first-order valence-electron chi connectivity index (χ1n) is 7.84. The van der Waals surface area contributed by atoms with E-state index in [0.29, 0.717) is 19.6 Å². The molecule has 0 radical (unpaired) electrons. The number of carbonyl (C=O) groups is 1. The SMILES string of the molecule is C[C@H]1CN(C(=O)Cc2noc(-c3cccc(C(F)(F)F)c3)n2)CCN1. The van der Waals surface area contributed by atoms with E-state index >= 15 is 0 Å². The number of amides is 1. The fourth-order valence-corrected chi connectivity index (χ4v) is 2.68. The average molecular weight is 354 g/mol. The molecule has 6 nitrogen and oxygen atoms in total. The van der Waals surface area contributed by atoms with Crippen LogP contribution in [-0.4, -0.2) is 46.6 Å². The number of halogens is 3. The van der Waals surface area contributed by atoms with Gasteiger partial charge in [0.1, 0.15) is 0 Å². The van der Waals surface area contributed by atoms with Crippen LogP contribution in [0.5, 0.6) is 0 Å². The van der Waals surface area contributed by atoms with Crippen LogP contribution in [0.4, 0.5) is 13.2 Å². The molecule has 3 rings (SSSR count). The van der Waals surface area contributed by atoms with Gasteiger partial charge >= 0.3 is 6.18 Å². The first kappa shape index (κ1) is 17.4. The molecule has 0 bridgehead atoms. The summed E-state index contributed by atoms with van der Waals surface area (Å²) in [6, 6.07) is 4.85. The molecule has 0 saturated carbocycles. The van der Waals surface area contributed by atoms with Crippen molar-refractivity contribution in [3.63, 3.8) is 0 Å². The van der Waals surface area contributed by atoms with Gasteiger partial charge < -0.3 is 14.7 Å². The highest BCUT2D eigenvalue weighted by Crippen LogP contribution is 2.31. The van der Waals surface area contributed by atoms with Crippen molar-refractivity contribution in [1.82, 2.24) is 20.4 Å². The van der Waals surface area contributed by atoms with E-state index in [1.165, 1.54) is 12.1 Å². The summed E-state index contributed by atoms with van der Waals surface area (Å²) >= 11 is 0. The zero-order valence-electron chi connectivity index (χ0n) is 13.5. The lowest BCUT2D eigenvalue weighted by atomic mass is 10.1. The second-order valence-corrected chi connectivity index (χ2v) is 5.97. The molecule has 1 aliphatic heterocycles. The van der Waals surface area contributed by atoms with E-state index in [-0.39, 0.29) is 35.6 Å². The van der Waals surface area contributed by atoms with Crippen LogP contribution >= 0.6 is 0 Å². The number of piperazine rings is 1. The number of nitrogens with one attached hydrogen (secondary N) is 1. The summed E-state index contributed by atoms with van der Waals surface area (Å²) in [5.41, 5.74) is -0.632. The minimum Gasteiger partial charge on any atom is -0.339 e. The van der Waals surface area contributed by atoms with Gasteiger partial charge in [-0.1, -0.05) is 11.2 Å². The van der Waals surface area contributed by atoms with Crippen molar-refractivity contribution in [2.75, 3.05) is 19.6 Å². The fraction of sp³-hybridized carbons (Fsp3) is 0.438. The van der Waals surface area contributed by atoms with Crippen molar-refractivity contribution in [2.45, 2.75) is 25.6 Å². The third-order valence-corrected chi connectivity index (χ3v) is 3.94. The molecule has 2 heterocycles. The largest absolute Gasteiger partial charge is 0.416 e. The quantitative estimate of drug-likeness (QED) is 0.914. The van der Waals surface area contributed by atoms with Crippen LogP contribution in [0.1, 0.15) is 18.3 Å². The molecule has 25 heavy (non-hydrogen) atoms. The summed E-state index contributed by atoms with van der Waals surface area (Å²) in [5.74, 6) is -0.0177. The molecule has 1 aliphatic rings. The van der Waals surface area contributed by atoms with Crippen molar-refractivity contribution in [2.24, 2.45) is 0 Å². The molecule has 1 aromatic carbocycles. The Bertz CT molecular complexity index is 760. The topological polar surface area (TPSA) is 71.3 Å². The summed E-state index contributed by atoms with van der Waals surface area (Å²) in [4.78, 5) is 18.0. The van der Waals surface area contributed by atoms with Crippen LogP contribution in [0.2, 0.25) is 0 Å². The number of benzene rings is 1. The zero-order chi connectivity index (χ0) is 18.0. The number of hydrogen-bond acceptors (Lipinski definition) is 5. The Hall–Kier alpha value is -2.42. The maximum absolute atomic E-state index is 12.8. The average Bonchev–Trinajstić information content (AvgIpc) is 3.03. The standard InChI is InChI=1S/C16H17F3N4O2/c1-10-9-23(6-5-20-10)14(24)8-13-21-15(25-22-13)11-3-2-4-12(7-11)16(17,18)19/h2-4,7,10,20H,5-6,8-9H2,1H3/t10-/m0/s1. The summed E-state index contributed by atoms with van der Waals surface area (Å²) < 4.78 is 43.3. The lowest BCUT2D eigenvalue weighted by molar-refractivity contribution is -0.137. The molecule has 1 fully saturated rings. The van der Waals surface area contributed by atoms with Gasteiger partial charge in [0.25, 0.3) is 5.89 Å². The first-order valence-corrected chi connectivity index (χ1v) is 7.84. The van der Waals surface area contributed by atoms with Crippen molar-refractivity contribution in [3.05, 3.63) is 35.7 Å². The highest BCUT2D eigenvalue weighted by Gasteiger charge is 2.31. The number of rotatable bonds is 3. The van der Waals surface area contributed by atoms with Gasteiger partial charge in [-0.25, -0.2) is 0 Å². The van der Waals surface area contributed by atoms with Crippen molar-refractivity contribution < 1.29 is 22.5 Å². The number of aromatic nitrogens is 2. The monoisotopic (exact) mass is 354 g/mol. The van der Waals surface area contributed by atoms with Crippen LogP contribution < -0.4 is 5.32 Å². The van der Waals surface area contributed by atoms with Gasteiger partial charge in [-0.2, -0.15) is 18.2 Å². The smallest absolute Gasteiger partial charge is 0.339 e. The minimum absolute atomic E-state index is 0.0393. The maximum Gasteiger partial charge on any atom is 0.416 e. The van der Waals surface area contributed by atoms with E-state index in [1.54, 1.807) is 4.90 Å². The van der Waals surface area contributed by atoms with Gasteiger partial charge in [0.15, 0.2) is 5.82 Å². The molecule has 1 aromatic heterocycles. The molecule has 134 valence electrons. The Morgan fingerprint density at radius 1 is 1.44 bits per heavy atom. The molecule has 1 saturated heterocycles. The molecule has 0 spiro atoms. The Kier molecular flexibility index (Phi) is 4.76. The van der Waals surface area contributed by atoms with Crippen LogP contribution in [0.15, 0.2) is 28.8 Å². The van der Waals surface area contributed by atoms with E-state index in [9.17, 15) is 18.0 Å². The summed E-state index contributed by atoms with van der Waals surface area (Å²) in [5, 5.41) is 6.95. The minimum atomic E-state index is -4.45. The summed E-state index contributed by atoms with van der Waals surface area (Å²) in [6.45, 7) is 3.90. The Labute approximate surface area is 142 Å². The number of hydrogen-bond donors (Lipinski definition) is 1. The third kappa shape index (κ3) is 4.16. The van der Waals surface area contributed by atoms with Crippen molar-refractivity contribution in [1.29, 1.82) is 0 Å². The van der Waals surface area contributed by atoms with E-state index in [0.717, 1.165) is 12.1 Å². The molecule has 1 N–H and O–H groups in total. The molecule has 0 unspecified atom stereocenters. The Morgan fingerprint density at radius 2 is 2.24 bits per heavy atom. The highest BCUT2D eigenvalue weighted by atomic mass is 19.4. The molecule has 0 aliphatic carbocycles. The second-order valence-electron chi connectivity index (χ2n) is 5.97. The first-order chi connectivity index (χ1) is 11.8. The zero-order valence-corrected chi connectivity index (χ0v) is 13.5. The van der Waals surface area contributed by atoms with Crippen molar-refractivity contribution in [3.8, 4) is 11.5 Å². The van der Waals surface area contributed by atoms with Gasteiger partial charge in [-0.3, -0.25) is 4.79 Å². The molecule has 9 heteroatoms. The van der Waals surface area contributed by atoms with Gasteiger partial charge in [0.05, 0.1) is 12.0 Å². The Morgan fingerprint density at radius 3 is 2.96 bits per heavy atom. The highest BCUT2D eigenvalue weighted by molar-refractivity contribution is 5.78. The lowest BCUT2D eigenvalue weighted by Crippen LogP contribution is -2.51. The molecular formula is C16H17F3N4O2. The maximum atomic E-state index is 12.8. The van der Waals surface area contributed by atoms with Crippen LogP contribution in [-0.2, 0) is 17.4 Å². The number of nitrogens with zero attached hydrogens (tertiary/aromatic N) is 3.